The minimum atomic E-state index is -0.329. The van der Waals surface area contributed by atoms with Gasteiger partial charge in [-0.1, -0.05) is 28.8 Å². The van der Waals surface area contributed by atoms with Crippen molar-refractivity contribution >= 4 is 26.8 Å². The van der Waals surface area contributed by atoms with E-state index in [2.05, 4.69) is 31.4 Å². The summed E-state index contributed by atoms with van der Waals surface area (Å²) in [6, 6.07) is 10.8. The van der Waals surface area contributed by atoms with Crippen molar-refractivity contribution in [2.75, 3.05) is 20.2 Å². The molecule has 0 saturated carbocycles. The maximum absolute atomic E-state index is 14.6. The second kappa shape index (κ2) is 9.14. The number of fused-ring (bicyclic) bond motifs is 1. The molecule has 0 amide bonds. The second-order valence-corrected chi connectivity index (χ2v) is 7.19. The Labute approximate surface area is 161 Å². The molecule has 26 heavy (non-hydrogen) atoms. The van der Waals surface area contributed by atoms with Gasteiger partial charge in [-0.3, -0.25) is 5.10 Å². The molecule has 0 atom stereocenters. The van der Waals surface area contributed by atoms with E-state index in [1.165, 1.54) is 18.9 Å². The van der Waals surface area contributed by atoms with Crippen LogP contribution in [0.3, 0.4) is 0 Å². The summed E-state index contributed by atoms with van der Waals surface area (Å²) in [5.74, 6) is 0.229. The number of unbranched alkanes of at least 4 members (excludes halogenated alkanes) is 3. The molecule has 0 fully saturated rings. The number of aromatic nitrogens is 2. The van der Waals surface area contributed by atoms with Crippen molar-refractivity contribution in [3.8, 4) is 17.0 Å². The third kappa shape index (κ3) is 4.62. The highest BCUT2D eigenvalue weighted by molar-refractivity contribution is 9.10. The summed E-state index contributed by atoms with van der Waals surface area (Å²) >= 11 is 3.45. The van der Waals surface area contributed by atoms with Gasteiger partial charge in [-0.2, -0.15) is 5.10 Å². The lowest BCUT2D eigenvalue weighted by Crippen LogP contribution is -2.07. The van der Waals surface area contributed by atoms with Crippen molar-refractivity contribution in [2.45, 2.75) is 25.7 Å². The Hall–Kier alpha value is -1.92. The van der Waals surface area contributed by atoms with Crippen LogP contribution in [-0.2, 0) is 0 Å². The van der Waals surface area contributed by atoms with Gasteiger partial charge in [0.2, 0.25) is 0 Å². The fraction of sp³-hybridized carbons (Fsp3) is 0.350. The highest BCUT2D eigenvalue weighted by Crippen LogP contribution is 2.31. The largest absolute Gasteiger partial charge is 0.493 e. The van der Waals surface area contributed by atoms with E-state index in [-0.39, 0.29) is 5.82 Å². The van der Waals surface area contributed by atoms with Gasteiger partial charge in [0.25, 0.3) is 0 Å². The van der Waals surface area contributed by atoms with E-state index in [0.29, 0.717) is 23.6 Å². The van der Waals surface area contributed by atoms with Crippen LogP contribution in [0.5, 0.6) is 5.75 Å². The first-order valence-electron chi connectivity index (χ1n) is 8.90. The van der Waals surface area contributed by atoms with E-state index in [1.807, 2.05) is 25.2 Å². The molecule has 1 aromatic heterocycles. The Bertz CT molecular complexity index is 865. The van der Waals surface area contributed by atoms with Crippen molar-refractivity contribution in [1.82, 2.24) is 15.5 Å². The molecule has 3 rings (SSSR count). The zero-order chi connectivity index (χ0) is 18.4. The molecule has 0 spiro atoms. The summed E-state index contributed by atoms with van der Waals surface area (Å²) < 4.78 is 21.2. The van der Waals surface area contributed by atoms with Crippen LogP contribution in [0.1, 0.15) is 25.7 Å². The Morgan fingerprint density at radius 3 is 2.77 bits per heavy atom. The Balaban J connectivity index is 1.63. The highest BCUT2D eigenvalue weighted by Gasteiger charge is 2.13. The third-order valence-corrected chi connectivity index (χ3v) is 4.80. The summed E-state index contributed by atoms with van der Waals surface area (Å²) in [7, 11) is 1.96. The fourth-order valence-corrected chi connectivity index (χ4v) is 3.28. The number of hydrogen-bond donors (Lipinski definition) is 2. The summed E-state index contributed by atoms with van der Waals surface area (Å²) in [6.45, 7) is 1.66. The maximum Gasteiger partial charge on any atom is 0.136 e. The lowest BCUT2D eigenvalue weighted by Gasteiger charge is -2.08. The lowest BCUT2D eigenvalue weighted by atomic mass is 10.1. The number of ether oxygens (including phenoxy) is 1. The smallest absolute Gasteiger partial charge is 0.136 e. The van der Waals surface area contributed by atoms with Crippen LogP contribution in [0.2, 0.25) is 0 Å². The van der Waals surface area contributed by atoms with Gasteiger partial charge in [0.1, 0.15) is 17.3 Å². The number of aromatic amines is 1. The van der Waals surface area contributed by atoms with Gasteiger partial charge in [0.15, 0.2) is 0 Å². The summed E-state index contributed by atoms with van der Waals surface area (Å²) in [6.07, 6.45) is 4.45. The van der Waals surface area contributed by atoms with Crippen LogP contribution in [0.4, 0.5) is 4.39 Å². The summed E-state index contributed by atoms with van der Waals surface area (Å²) in [5.41, 5.74) is 1.95. The predicted octanol–water partition coefficient (Wildman–Crippen LogP) is 5.29. The molecule has 6 heteroatoms. The van der Waals surface area contributed by atoms with Crippen molar-refractivity contribution in [1.29, 1.82) is 0 Å². The van der Waals surface area contributed by atoms with E-state index in [4.69, 9.17) is 4.74 Å². The van der Waals surface area contributed by atoms with Gasteiger partial charge in [-0.25, -0.2) is 4.39 Å². The SMILES string of the molecule is CNCCCCCCOc1ccc(-c2n[nH]c3ccc(Br)cc23)c(F)c1. The molecule has 0 aliphatic rings. The Morgan fingerprint density at radius 2 is 1.96 bits per heavy atom. The normalized spacial score (nSPS) is 11.2. The van der Waals surface area contributed by atoms with Crippen LogP contribution in [-0.4, -0.2) is 30.4 Å². The molecule has 0 radical (unpaired) electrons. The zero-order valence-electron chi connectivity index (χ0n) is 14.8. The molecule has 138 valence electrons. The molecule has 0 unspecified atom stereocenters. The number of H-pyrrole nitrogens is 1. The summed E-state index contributed by atoms with van der Waals surface area (Å²) in [5, 5.41) is 11.2. The Kier molecular flexibility index (Phi) is 6.63. The predicted molar refractivity (Wildman–Crippen MR) is 107 cm³/mol. The molecule has 0 aliphatic heterocycles. The minimum Gasteiger partial charge on any atom is -0.493 e. The quantitative estimate of drug-likeness (QED) is 0.463. The molecule has 0 aliphatic carbocycles. The molecular formula is C20H23BrFN3O. The van der Waals surface area contributed by atoms with Crippen LogP contribution in [0, 0.1) is 5.82 Å². The molecule has 3 aromatic rings. The van der Waals surface area contributed by atoms with Crippen molar-refractivity contribution in [2.24, 2.45) is 0 Å². The van der Waals surface area contributed by atoms with Crippen LogP contribution in [0.15, 0.2) is 40.9 Å². The first-order valence-corrected chi connectivity index (χ1v) is 9.69. The zero-order valence-corrected chi connectivity index (χ0v) is 16.4. The van der Waals surface area contributed by atoms with E-state index in [9.17, 15) is 4.39 Å². The number of benzene rings is 2. The topological polar surface area (TPSA) is 49.9 Å². The van der Waals surface area contributed by atoms with Crippen molar-refractivity contribution in [3.05, 3.63) is 46.7 Å². The van der Waals surface area contributed by atoms with Gasteiger partial charge in [-0.05, 0) is 56.8 Å². The molecule has 2 N–H and O–H groups in total. The molecule has 4 nitrogen and oxygen atoms in total. The third-order valence-electron chi connectivity index (χ3n) is 4.31. The summed E-state index contributed by atoms with van der Waals surface area (Å²) in [4.78, 5) is 0. The first-order chi connectivity index (χ1) is 12.7. The molecule has 0 bridgehead atoms. The van der Waals surface area contributed by atoms with Crippen molar-refractivity contribution < 1.29 is 9.13 Å². The fourth-order valence-electron chi connectivity index (χ4n) is 2.92. The average Bonchev–Trinajstić information content (AvgIpc) is 3.04. The molecule has 2 aromatic carbocycles. The van der Waals surface area contributed by atoms with Crippen molar-refractivity contribution in [3.63, 3.8) is 0 Å². The van der Waals surface area contributed by atoms with Gasteiger partial charge in [0.05, 0.1) is 12.1 Å². The molecule has 1 heterocycles. The second-order valence-electron chi connectivity index (χ2n) is 6.27. The van der Waals surface area contributed by atoms with E-state index >= 15 is 0 Å². The minimum absolute atomic E-state index is 0.329. The highest BCUT2D eigenvalue weighted by atomic mass is 79.9. The Morgan fingerprint density at radius 1 is 1.12 bits per heavy atom. The van der Waals surface area contributed by atoms with E-state index < -0.39 is 0 Å². The number of nitrogens with one attached hydrogen (secondary N) is 2. The monoisotopic (exact) mass is 419 g/mol. The van der Waals surface area contributed by atoms with Gasteiger partial charge >= 0.3 is 0 Å². The van der Waals surface area contributed by atoms with E-state index in [0.717, 1.165) is 34.8 Å². The van der Waals surface area contributed by atoms with Crippen LogP contribution >= 0.6 is 15.9 Å². The van der Waals surface area contributed by atoms with Gasteiger partial charge in [-0.15, -0.1) is 0 Å². The maximum atomic E-state index is 14.6. The van der Waals surface area contributed by atoms with Crippen LogP contribution in [0.25, 0.3) is 22.2 Å². The molecule has 0 saturated heterocycles. The number of halogens is 2. The number of hydrogen-bond acceptors (Lipinski definition) is 3. The number of rotatable bonds is 9. The standard InChI is InChI=1S/C20H23BrFN3O/c1-23-10-4-2-3-5-11-26-15-7-8-16(18(22)13-15)20-17-12-14(21)6-9-19(17)24-25-20/h6-9,12-13,23H,2-5,10-11H2,1H3,(H,24,25). The van der Waals surface area contributed by atoms with E-state index in [1.54, 1.807) is 12.1 Å². The number of nitrogens with zero attached hydrogens (tertiary/aromatic N) is 1. The average molecular weight is 420 g/mol. The van der Waals surface area contributed by atoms with Gasteiger partial charge in [0, 0.05) is 21.5 Å². The first kappa shape index (κ1) is 18.9. The van der Waals surface area contributed by atoms with Crippen LogP contribution < -0.4 is 10.1 Å². The van der Waals surface area contributed by atoms with Gasteiger partial charge < -0.3 is 10.1 Å². The molecular weight excluding hydrogens is 397 g/mol. The lowest BCUT2D eigenvalue weighted by molar-refractivity contribution is 0.303.